The van der Waals surface area contributed by atoms with E-state index < -0.39 is 69.2 Å². The molecule has 182 valence electrons. The zero-order chi connectivity index (χ0) is 25.6. The number of nitrogens with zero attached hydrogens (tertiary/aromatic N) is 1. The van der Waals surface area contributed by atoms with Crippen LogP contribution >= 0.6 is 35.0 Å². The van der Waals surface area contributed by atoms with Gasteiger partial charge in [0.2, 0.25) is 5.83 Å². The van der Waals surface area contributed by atoms with Gasteiger partial charge in [0, 0.05) is 0 Å². The van der Waals surface area contributed by atoms with Crippen molar-refractivity contribution in [2.75, 3.05) is 0 Å². The first kappa shape index (κ1) is 27.0. The molecule has 1 aromatic rings. The Morgan fingerprint density at radius 2 is 1.52 bits per heavy atom. The molecule has 1 aliphatic rings. The number of amidine groups is 1. The number of rotatable bonds is 1. The molecule has 0 atom stereocenters. The number of carbonyl (C=O) groups excluding carboxylic acids is 2. The number of halogens is 12. The average molecular weight is 552 g/mol. The SMILES string of the molecule is O=C(NC(=O)c1cccc(Cl)c1Cl)NC1=NC(C(F)(F)F)(C(F)(F)F)C(=C(F)C(F)(F)F)S1. The van der Waals surface area contributed by atoms with Gasteiger partial charge in [-0.3, -0.25) is 15.4 Å². The zero-order valence-electron chi connectivity index (χ0n) is 14.9. The maximum absolute atomic E-state index is 13.6. The van der Waals surface area contributed by atoms with E-state index in [0.717, 1.165) is 6.07 Å². The fourth-order valence-electron chi connectivity index (χ4n) is 2.31. The second kappa shape index (κ2) is 8.87. The number of allylic oxidation sites excluding steroid dienone is 1. The molecule has 0 unspecified atom stereocenters. The van der Waals surface area contributed by atoms with Crippen molar-refractivity contribution in [2.45, 2.75) is 24.1 Å². The van der Waals surface area contributed by atoms with Crippen LogP contribution in [0.25, 0.3) is 0 Å². The number of nitrogens with one attached hydrogen (secondary N) is 2. The van der Waals surface area contributed by atoms with Crippen molar-refractivity contribution in [3.05, 3.63) is 44.5 Å². The van der Waals surface area contributed by atoms with Gasteiger partial charge in [-0.25, -0.2) is 14.2 Å². The van der Waals surface area contributed by atoms with E-state index in [1.54, 1.807) is 0 Å². The van der Waals surface area contributed by atoms with Gasteiger partial charge in [-0.05, 0) is 12.1 Å². The minimum atomic E-state index is -6.60. The summed E-state index contributed by atoms with van der Waals surface area (Å²) in [7, 11) is 0. The van der Waals surface area contributed by atoms with Crippen LogP contribution in [0.1, 0.15) is 10.4 Å². The van der Waals surface area contributed by atoms with Gasteiger partial charge in [0.05, 0.1) is 20.5 Å². The summed E-state index contributed by atoms with van der Waals surface area (Å²) in [6.07, 6.45) is -19.4. The molecule has 1 heterocycles. The third kappa shape index (κ3) is 5.16. The van der Waals surface area contributed by atoms with E-state index in [1.165, 1.54) is 22.8 Å². The van der Waals surface area contributed by atoms with E-state index in [2.05, 4.69) is 4.99 Å². The number of thioether (sulfide) groups is 1. The molecule has 0 fully saturated rings. The molecule has 0 saturated heterocycles. The lowest BCUT2D eigenvalue weighted by Gasteiger charge is -2.31. The summed E-state index contributed by atoms with van der Waals surface area (Å²) in [6, 6.07) is 1.67. The van der Waals surface area contributed by atoms with Crippen LogP contribution in [0.5, 0.6) is 0 Å². The Labute approximate surface area is 190 Å². The number of benzene rings is 1. The Kier molecular flexibility index (Phi) is 7.27. The Morgan fingerprint density at radius 3 is 2.00 bits per heavy atom. The van der Waals surface area contributed by atoms with Crippen LogP contribution in [0.15, 0.2) is 33.9 Å². The monoisotopic (exact) mass is 551 g/mol. The van der Waals surface area contributed by atoms with Gasteiger partial charge in [0.25, 0.3) is 11.4 Å². The summed E-state index contributed by atoms with van der Waals surface area (Å²) in [4.78, 5) is 23.1. The number of aliphatic imine (C=N–C) groups is 1. The Morgan fingerprint density at radius 1 is 0.970 bits per heavy atom. The van der Waals surface area contributed by atoms with Crippen molar-refractivity contribution in [1.29, 1.82) is 0 Å². The van der Waals surface area contributed by atoms with E-state index in [9.17, 15) is 53.5 Å². The van der Waals surface area contributed by atoms with Gasteiger partial charge in [-0.15, -0.1) is 0 Å². The minimum Gasteiger partial charge on any atom is -0.286 e. The van der Waals surface area contributed by atoms with Crippen LogP contribution in [0.3, 0.4) is 0 Å². The molecule has 1 aromatic carbocycles. The molecule has 1 aliphatic heterocycles. The molecule has 2 N–H and O–H groups in total. The lowest BCUT2D eigenvalue weighted by molar-refractivity contribution is -0.280. The fourth-order valence-corrected chi connectivity index (χ4v) is 3.84. The summed E-state index contributed by atoms with van der Waals surface area (Å²) in [5, 5.41) is 0.448. The molecule has 2 rings (SSSR count). The normalized spacial score (nSPS) is 18.0. The highest BCUT2D eigenvalue weighted by Crippen LogP contribution is 2.59. The lowest BCUT2D eigenvalue weighted by atomic mass is 9.97. The smallest absolute Gasteiger partial charge is 0.286 e. The highest BCUT2D eigenvalue weighted by atomic mass is 35.5. The van der Waals surface area contributed by atoms with Crippen molar-refractivity contribution in [2.24, 2.45) is 4.99 Å². The maximum atomic E-state index is 13.6. The van der Waals surface area contributed by atoms with Gasteiger partial charge >= 0.3 is 24.6 Å². The molecule has 3 amide bonds. The third-order valence-electron chi connectivity index (χ3n) is 3.71. The third-order valence-corrected chi connectivity index (χ3v) is 5.59. The summed E-state index contributed by atoms with van der Waals surface area (Å²) < 4.78 is 131. The summed E-state index contributed by atoms with van der Waals surface area (Å²) >= 11 is 10.3. The van der Waals surface area contributed by atoms with Gasteiger partial charge < -0.3 is 0 Å². The molecule has 0 bridgehead atoms. The summed E-state index contributed by atoms with van der Waals surface area (Å²) in [5.41, 5.74) is -6.10. The van der Waals surface area contributed by atoms with Crippen LogP contribution in [0.4, 0.5) is 48.7 Å². The molecular formula is C15H5Cl2F10N3O2S. The van der Waals surface area contributed by atoms with Crippen molar-refractivity contribution in [1.82, 2.24) is 10.6 Å². The maximum Gasteiger partial charge on any atom is 0.443 e. The number of carbonyl (C=O) groups is 2. The molecule has 5 nitrogen and oxygen atoms in total. The fraction of sp³-hybridized carbons (Fsp3) is 0.267. The predicted molar refractivity (Wildman–Crippen MR) is 96.5 cm³/mol. The second-order valence-corrected chi connectivity index (χ2v) is 7.66. The van der Waals surface area contributed by atoms with Crippen molar-refractivity contribution >= 4 is 52.1 Å². The number of hydrogen-bond acceptors (Lipinski definition) is 4. The number of alkyl halides is 9. The first-order chi connectivity index (χ1) is 14.8. The van der Waals surface area contributed by atoms with Crippen LogP contribution < -0.4 is 10.6 Å². The van der Waals surface area contributed by atoms with Crippen LogP contribution in [-0.4, -0.2) is 41.2 Å². The van der Waals surface area contributed by atoms with Crippen LogP contribution in [0, 0.1) is 0 Å². The molecule has 0 aromatic heterocycles. The minimum absolute atomic E-state index is 0.155. The average Bonchev–Trinajstić information content (AvgIpc) is 3.02. The van der Waals surface area contributed by atoms with E-state index in [1.807, 2.05) is 0 Å². The zero-order valence-corrected chi connectivity index (χ0v) is 17.3. The van der Waals surface area contributed by atoms with E-state index >= 15 is 0 Å². The quantitative estimate of drug-likeness (QED) is 0.412. The van der Waals surface area contributed by atoms with Crippen LogP contribution in [-0.2, 0) is 0 Å². The highest BCUT2D eigenvalue weighted by molar-refractivity contribution is 8.17. The van der Waals surface area contributed by atoms with E-state index in [4.69, 9.17) is 23.2 Å². The first-order valence-corrected chi connectivity index (χ1v) is 9.35. The number of hydrogen-bond donors (Lipinski definition) is 2. The largest absolute Gasteiger partial charge is 0.443 e. The number of urea groups is 1. The second-order valence-electron chi connectivity index (χ2n) is 5.88. The first-order valence-electron chi connectivity index (χ1n) is 7.78. The van der Waals surface area contributed by atoms with E-state index in [0.29, 0.717) is 0 Å². The Balaban J connectivity index is 2.44. The highest BCUT2D eigenvalue weighted by Gasteiger charge is 2.77. The van der Waals surface area contributed by atoms with Gasteiger partial charge in [-0.1, -0.05) is 41.0 Å². The molecular weight excluding hydrogens is 547 g/mol. The lowest BCUT2D eigenvalue weighted by Crippen LogP contribution is -2.55. The van der Waals surface area contributed by atoms with Crippen molar-refractivity contribution in [3.63, 3.8) is 0 Å². The predicted octanol–water partition coefficient (Wildman–Crippen LogP) is 6.14. The Bertz CT molecular complexity index is 1040. The number of imide groups is 1. The summed E-state index contributed by atoms with van der Waals surface area (Å²) in [6.45, 7) is 0. The van der Waals surface area contributed by atoms with Crippen molar-refractivity contribution < 1.29 is 53.5 Å². The van der Waals surface area contributed by atoms with Gasteiger partial charge in [0.1, 0.15) is 0 Å². The van der Waals surface area contributed by atoms with E-state index in [-0.39, 0.29) is 10.0 Å². The molecule has 0 spiro atoms. The standard InChI is InChI=1S/C15H5Cl2F10N3O2S/c16-5-3-1-2-4(6(5)17)9(31)28-10(32)29-11-30-12(14(22,23)24,15(25,26)27)8(33-11)7(18)13(19,20)21/h1-3H,(H2,28,29,30,31,32). The molecule has 0 saturated carbocycles. The Hall–Kier alpha value is -2.20. The molecule has 33 heavy (non-hydrogen) atoms. The van der Waals surface area contributed by atoms with Gasteiger partial charge in [-0.2, -0.15) is 39.5 Å². The van der Waals surface area contributed by atoms with Crippen LogP contribution in [0.2, 0.25) is 10.0 Å². The number of amides is 3. The summed E-state index contributed by atoms with van der Waals surface area (Å²) in [5.74, 6) is -5.05. The molecule has 0 aliphatic carbocycles. The van der Waals surface area contributed by atoms with Gasteiger partial charge in [0.15, 0.2) is 5.17 Å². The molecule has 18 heteroatoms. The molecule has 0 radical (unpaired) electrons. The topological polar surface area (TPSA) is 70.6 Å². The van der Waals surface area contributed by atoms with Crippen molar-refractivity contribution in [3.8, 4) is 0 Å².